The lowest BCUT2D eigenvalue weighted by molar-refractivity contribution is -0.165. The van der Waals surface area contributed by atoms with Crippen LogP contribution in [-0.4, -0.2) is 61.6 Å². The van der Waals surface area contributed by atoms with Crippen molar-refractivity contribution < 1.29 is 14.3 Å². The van der Waals surface area contributed by atoms with Gasteiger partial charge in [-0.1, -0.05) is 12.1 Å². The van der Waals surface area contributed by atoms with Gasteiger partial charge in [0.25, 0.3) is 5.91 Å². The normalized spacial score (nSPS) is 26.9. The number of likely N-dealkylation sites (tertiary alicyclic amines) is 2. The summed E-state index contributed by atoms with van der Waals surface area (Å²) in [4.78, 5) is 16.6. The molecule has 0 aromatic heterocycles. The molecule has 0 N–H and O–H groups in total. The molecule has 3 heterocycles. The van der Waals surface area contributed by atoms with E-state index >= 15 is 0 Å². The van der Waals surface area contributed by atoms with Crippen LogP contribution < -0.4 is 9.47 Å². The number of nitrogens with zero attached hydrogens (tertiary/aromatic N) is 2. The smallest absolute Gasteiger partial charge is 0.267 e. The fraction of sp³-hybridized carbons (Fsp3) is 0.533. The zero-order valence-electron chi connectivity index (χ0n) is 11.5. The molecule has 0 radical (unpaired) electrons. The van der Waals surface area contributed by atoms with Gasteiger partial charge in [0, 0.05) is 31.6 Å². The molecule has 1 atom stereocenters. The summed E-state index contributed by atoms with van der Waals surface area (Å²) >= 11 is 0. The standard InChI is InChI=1S/C15H18N2O3/c1-16-7-15(8-16)9-17(10-15)14(18)13-6-19-11-4-2-3-5-12(11)20-13/h2-5,13H,6-10H2,1H3. The van der Waals surface area contributed by atoms with Crippen molar-refractivity contribution in [3.63, 3.8) is 0 Å². The Morgan fingerprint density at radius 3 is 2.60 bits per heavy atom. The Morgan fingerprint density at radius 2 is 1.90 bits per heavy atom. The van der Waals surface area contributed by atoms with Crippen LogP contribution >= 0.6 is 0 Å². The fourth-order valence-electron chi connectivity index (χ4n) is 3.56. The Balaban J connectivity index is 1.39. The number of hydrogen-bond donors (Lipinski definition) is 0. The molecule has 20 heavy (non-hydrogen) atoms. The quantitative estimate of drug-likeness (QED) is 0.752. The first kappa shape index (κ1) is 12.0. The molecule has 3 aliphatic rings. The van der Waals surface area contributed by atoms with Crippen molar-refractivity contribution in [2.24, 2.45) is 5.41 Å². The summed E-state index contributed by atoms with van der Waals surface area (Å²) in [7, 11) is 2.12. The van der Waals surface area contributed by atoms with E-state index in [-0.39, 0.29) is 5.91 Å². The molecule has 5 nitrogen and oxygen atoms in total. The molecule has 1 unspecified atom stereocenters. The molecule has 4 rings (SSSR count). The Labute approximate surface area is 118 Å². The predicted octanol–water partition coefficient (Wildman–Crippen LogP) is 0.600. The van der Waals surface area contributed by atoms with Gasteiger partial charge in [-0.15, -0.1) is 0 Å². The number of carbonyl (C=O) groups excluding carboxylic acids is 1. The van der Waals surface area contributed by atoms with Crippen molar-refractivity contribution in [2.45, 2.75) is 6.10 Å². The second-order valence-electron chi connectivity index (χ2n) is 6.23. The van der Waals surface area contributed by atoms with Crippen molar-refractivity contribution in [1.82, 2.24) is 9.80 Å². The summed E-state index contributed by atoms with van der Waals surface area (Å²) in [6.45, 7) is 4.22. The van der Waals surface area contributed by atoms with E-state index in [1.165, 1.54) is 0 Å². The average Bonchev–Trinajstić information content (AvgIpc) is 2.40. The van der Waals surface area contributed by atoms with Gasteiger partial charge in [-0.25, -0.2) is 0 Å². The summed E-state index contributed by atoms with van der Waals surface area (Å²) < 4.78 is 11.4. The molecule has 3 aliphatic heterocycles. The van der Waals surface area contributed by atoms with Crippen molar-refractivity contribution >= 4 is 5.91 Å². The molecule has 0 aliphatic carbocycles. The van der Waals surface area contributed by atoms with Gasteiger partial charge in [0.15, 0.2) is 11.5 Å². The number of rotatable bonds is 1. The number of benzene rings is 1. The van der Waals surface area contributed by atoms with E-state index < -0.39 is 6.10 Å². The van der Waals surface area contributed by atoms with Crippen LogP contribution in [0, 0.1) is 5.41 Å². The Bertz CT molecular complexity index is 546. The van der Waals surface area contributed by atoms with E-state index in [0.717, 1.165) is 31.9 Å². The Morgan fingerprint density at radius 1 is 1.20 bits per heavy atom. The fourth-order valence-corrected chi connectivity index (χ4v) is 3.56. The maximum Gasteiger partial charge on any atom is 0.267 e. The minimum atomic E-state index is -0.500. The summed E-state index contributed by atoms with van der Waals surface area (Å²) in [6, 6.07) is 7.49. The molecule has 106 valence electrons. The monoisotopic (exact) mass is 274 g/mol. The molecular weight excluding hydrogens is 256 g/mol. The first-order valence-electron chi connectivity index (χ1n) is 7.01. The molecule has 1 aromatic rings. The molecule has 1 aromatic carbocycles. The third kappa shape index (κ3) is 1.77. The predicted molar refractivity (Wildman–Crippen MR) is 72.9 cm³/mol. The van der Waals surface area contributed by atoms with Crippen molar-refractivity contribution in [2.75, 3.05) is 39.8 Å². The van der Waals surface area contributed by atoms with Gasteiger partial charge in [-0.2, -0.15) is 0 Å². The minimum Gasteiger partial charge on any atom is -0.485 e. The highest BCUT2D eigenvalue weighted by molar-refractivity contribution is 5.83. The lowest BCUT2D eigenvalue weighted by Gasteiger charge is -2.59. The highest BCUT2D eigenvalue weighted by atomic mass is 16.6. The molecule has 1 spiro atoms. The Kier molecular flexibility index (Phi) is 2.48. The summed E-state index contributed by atoms with van der Waals surface area (Å²) in [5.41, 5.74) is 0.359. The lowest BCUT2D eigenvalue weighted by Crippen LogP contribution is -2.73. The van der Waals surface area contributed by atoms with Crippen molar-refractivity contribution in [1.29, 1.82) is 0 Å². The van der Waals surface area contributed by atoms with Crippen LogP contribution in [0.15, 0.2) is 24.3 Å². The van der Waals surface area contributed by atoms with E-state index in [0.29, 0.717) is 17.8 Å². The van der Waals surface area contributed by atoms with Gasteiger partial charge >= 0.3 is 0 Å². The van der Waals surface area contributed by atoms with Crippen molar-refractivity contribution in [3.05, 3.63) is 24.3 Å². The van der Waals surface area contributed by atoms with Crippen LogP contribution in [0.5, 0.6) is 11.5 Å². The maximum atomic E-state index is 12.4. The molecule has 0 saturated carbocycles. The maximum absolute atomic E-state index is 12.4. The number of carbonyl (C=O) groups is 1. The van der Waals surface area contributed by atoms with E-state index in [4.69, 9.17) is 9.47 Å². The second-order valence-corrected chi connectivity index (χ2v) is 6.23. The number of para-hydroxylation sites is 2. The number of amides is 1. The average molecular weight is 274 g/mol. The van der Waals surface area contributed by atoms with Crippen molar-refractivity contribution in [3.8, 4) is 11.5 Å². The van der Waals surface area contributed by atoms with Crippen LogP contribution in [0.1, 0.15) is 0 Å². The minimum absolute atomic E-state index is 0.0553. The van der Waals surface area contributed by atoms with Gasteiger partial charge in [0.2, 0.25) is 6.10 Å². The van der Waals surface area contributed by atoms with E-state index in [9.17, 15) is 4.79 Å². The number of ether oxygens (including phenoxy) is 2. The van der Waals surface area contributed by atoms with Gasteiger partial charge in [0.1, 0.15) is 6.61 Å². The molecule has 2 saturated heterocycles. The number of fused-ring (bicyclic) bond motifs is 1. The molecule has 5 heteroatoms. The highest BCUT2D eigenvalue weighted by Crippen LogP contribution is 2.39. The van der Waals surface area contributed by atoms with Crippen LogP contribution in [0.3, 0.4) is 0 Å². The third-order valence-corrected chi connectivity index (χ3v) is 4.36. The van der Waals surface area contributed by atoms with Gasteiger partial charge in [0.05, 0.1) is 0 Å². The summed E-state index contributed by atoms with van der Waals surface area (Å²) in [5, 5.41) is 0. The molecule has 0 bridgehead atoms. The van der Waals surface area contributed by atoms with Crippen LogP contribution in [-0.2, 0) is 4.79 Å². The van der Waals surface area contributed by atoms with E-state index in [1.54, 1.807) is 0 Å². The SMILES string of the molecule is CN1CC2(C1)CN(C(=O)C1COc3ccccc3O1)C2. The largest absolute Gasteiger partial charge is 0.485 e. The number of hydrogen-bond acceptors (Lipinski definition) is 4. The zero-order valence-corrected chi connectivity index (χ0v) is 11.5. The molecule has 2 fully saturated rings. The second kappa shape index (κ2) is 4.12. The van der Waals surface area contributed by atoms with Crippen LogP contribution in [0.4, 0.5) is 0 Å². The zero-order chi connectivity index (χ0) is 13.7. The first-order chi connectivity index (χ1) is 9.65. The molecule has 1 amide bonds. The lowest BCUT2D eigenvalue weighted by atomic mass is 9.73. The van der Waals surface area contributed by atoms with Gasteiger partial charge in [-0.05, 0) is 19.2 Å². The van der Waals surface area contributed by atoms with Crippen LogP contribution in [0.25, 0.3) is 0 Å². The topological polar surface area (TPSA) is 42.0 Å². The third-order valence-electron chi connectivity index (χ3n) is 4.36. The first-order valence-corrected chi connectivity index (χ1v) is 7.01. The van der Waals surface area contributed by atoms with E-state index in [1.807, 2.05) is 29.2 Å². The van der Waals surface area contributed by atoms with E-state index in [2.05, 4.69) is 11.9 Å². The molecular formula is C15H18N2O3. The highest BCUT2D eigenvalue weighted by Gasteiger charge is 2.53. The van der Waals surface area contributed by atoms with Gasteiger partial charge < -0.3 is 19.3 Å². The Hall–Kier alpha value is -1.75. The van der Waals surface area contributed by atoms with Gasteiger partial charge in [-0.3, -0.25) is 4.79 Å². The summed E-state index contributed by atoms with van der Waals surface area (Å²) in [5.74, 6) is 1.44. The summed E-state index contributed by atoms with van der Waals surface area (Å²) in [6.07, 6.45) is -0.500. The van der Waals surface area contributed by atoms with Crippen LogP contribution in [0.2, 0.25) is 0 Å².